The van der Waals surface area contributed by atoms with Crippen LogP contribution in [0, 0.1) is 5.92 Å². The third-order valence-corrected chi connectivity index (χ3v) is 4.27. The lowest BCUT2D eigenvalue weighted by atomic mass is 10.0. The number of pyridine rings is 1. The fraction of sp³-hybridized carbons (Fsp3) is 0.462. The average molecular weight is 249 g/mol. The molecule has 0 bridgehead atoms. The number of rotatable bonds is 2. The number of hydrogen-bond donors (Lipinski definition) is 0. The zero-order chi connectivity index (χ0) is 11.7. The van der Waals surface area contributed by atoms with E-state index in [1.165, 1.54) is 0 Å². The molecule has 0 aromatic carbocycles. The lowest BCUT2D eigenvalue weighted by molar-refractivity contribution is 0.0610. The van der Waals surface area contributed by atoms with Crippen molar-refractivity contribution in [2.75, 3.05) is 13.2 Å². The molecule has 90 valence electrons. The van der Waals surface area contributed by atoms with Gasteiger partial charge in [0.15, 0.2) is 0 Å². The highest BCUT2D eigenvalue weighted by atomic mass is 32.1. The molecule has 0 saturated carbocycles. The number of ether oxygens (including phenoxy) is 1. The van der Waals surface area contributed by atoms with E-state index in [0.717, 1.165) is 42.7 Å². The number of nitrogens with zero attached hydrogens (tertiary/aromatic N) is 1. The molecule has 1 saturated heterocycles. The van der Waals surface area contributed by atoms with Gasteiger partial charge in [-0.05, 0) is 36.3 Å². The zero-order valence-electron chi connectivity index (χ0n) is 9.59. The van der Waals surface area contributed by atoms with Crippen molar-refractivity contribution in [3.63, 3.8) is 0 Å². The van der Waals surface area contributed by atoms with Gasteiger partial charge >= 0.3 is 0 Å². The molecule has 1 fully saturated rings. The van der Waals surface area contributed by atoms with E-state index < -0.39 is 0 Å². The number of hydrogen-bond acceptors (Lipinski definition) is 3. The second-order valence-electron chi connectivity index (χ2n) is 4.53. The van der Waals surface area contributed by atoms with Gasteiger partial charge in [0.25, 0.3) is 5.56 Å². The van der Waals surface area contributed by atoms with Gasteiger partial charge in [0.1, 0.15) is 0 Å². The number of thiophene rings is 1. The summed E-state index contributed by atoms with van der Waals surface area (Å²) in [6.45, 7) is 2.49. The molecule has 0 aliphatic carbocycles. The third-order valence-electron chi connectivity index (χ3n) is 3.39. The van der Waals surface area contributed by atoms with Crippen molar-refractivity contribution < 1.29 is 4.74 Å². The van der Waals surface area contributed by atoms with Crippen molar-refractivity contribution in [2.45, 2.75) is 19.4 Å². The summed E-state index contributed by atoms with van der Waals surface area (Å²) in [7, 11) is 0. The fourth-order valence-electron chi connectivity index (χ4n) is 2.36. The molecule has 1 aliphatic rings. The Morgan fingerprint density at radius 2 is 2.18 bits per heavy atom. The SMILES string of the molecule is O=c1c2ccsc2ccn1CC1CCOCC1. The van der Waals surface area contributed by atoms with E-state index in [2.05, 4.69) is 0 Å². The molecular formula is C13H15NO2S. The van der Waals surface area contributed by atoms with E-state index in [1.54, 1.807) is 11.3 Å². The van der Waals surface area contributed by atoms with Crippen LogP contribution in [0.5, 0.6) is 0 Å². The predicted octanol–water partition coefficient (Wildman–Crippen LogP) is 2.49. The lowest BCUT2D eigenvalue weighted by Gasteiger charge is -2.22. The van der Waals surface area contributed by atoms with Crippen molar-refractivity contribution in [2.24, 2.45) is 5.92 Å². The molecule has 4 heteroatoms. The molecule has 3 heterocycles. The Morgan fingerprint density at radius 3 is 3.00 bits per heavy atom. The smallest absolute Gasteiger partial charge is 0.259 e. The summed E-state index contributed by atoms with van der Waals surface area (Å²) in [5.41, 5.74) is 0.148. The molecule has 0 spiro atoms. The van der Waals surface area contributed by atoms with Crippen LogP contribution in [0.2, 0.25) is 0 Å². The summed E-state index contributed by atoms with van der Waals surface area (Å²) < 4.78 is 8.27. The molecule has 1 aliphatic heterocycles. The quantitative estimate of drug-likeness (QED) is 0.819. The van der Waals surface area contributed by atoms with Crippen molar-refractivity contribution in [1.29, 1.82) is 0 Å². The first-order valence-corrected chi connectivity index (χ1v) is 6.87. The minimum absolute atomic E-state index is 0.148. The van der Waals surface area contributed by atoms with E-state index in [0.29, 0.717) is 5.92 Å². The van der Waals surface area contributed by atoms with Gasteiger partial charge in [-0.2, -0.15) is 0 Å². The van der Waals surface area contributed by atoms with E-state index >= 15 is 0 Å². The maximum absolute atomic E-state index is 12.2. The Kier molecular flexibility index (Phi) is 2.99. The Bertz CT molecular complexity index is 566. The van der Waals surface area contributed by atoms with Gasteiger partial charge in [-0.1, -0.05) is 0 Å². The summed E-state index contributed by atoms with van der Waals surface area (Å²) in [5, 5.41) is 2.83. The minimum atomic E-state index is 0.148. The van der Waals surface area contributed by atoms with Crippen molar-refractivity contribution in [3.05, 3.63) is 34.1 Å². The summed E-state index contributed by atoms with van der Waals surface area (Å²) in [4.78, 5) is 12.2. The van der Waals surface area contributed by atoms with Gasteiger partial charge in [0.05, 0.1) is 5.39 Å². The van der Waals surface area contributed by atoms with Crippen LogP contribution in [0.3, 0.4) is 0 Å². The highest BCUT2D eigenvalue weighted by Gasteiger charge is 2.15. The molecule has 0 amide bonds. The van der Waals surface area contributed by atoms with Gasteiger partial charge in [0, 0.05) is 30.7 Å². The van der Waals surface area contributed by atoms with E-state index in [4.69, 9.17) is 4.74 Å². The fourth-order valence-corrected chi connectivity index (χ4v) is 3.13. The number of fused-ring (bicyclic) bond motifs is 1. The van der Waals surface area contributed by atoms with Crippen LogP contribution < -0.4 is 5.56 Å². The van der Waals surface area contributed by atoms with Crippen molar-refractivity contribution in [3.8, 4) is 0 Å². The van der Waals surface area contributed by atoms with Crippen LogP contribution in [-0.4, -0.2) is 17.8 Å². The van der Waals surface area contributed by atoms with E-state index in [1.807, 2.05) is 28.3 Å². The summed E-state index contributed by atoms with van der Waals surface area (Å²) in [6.07, 6.45) is 4.05. The van der Waals surface area contributed by atoms with E-state index in [-0.39, 0.29) is 5.56 Å². The van der Waals surface area contributed by atoms with Gasteiger partial charge in [-0.3, -0.25) is 4.79 Å². The van der Waals surface area contributed by atoms with Crippen molar-refractivity contribution >= 4 is 21.4 Å². The van der Waals surface area contributed by atoms with Crippen LogP contribution in [0.4, 0.5) is 0 Å². The molecule has 17 heavy (non-hydrogen) atoms. The molecule has 0 N–H and O–H groups in total. The van der Waals surface area contributed by atoms with Gasteiger partial charge in [0.2, 0.25) is 0 Å². The maximum Gasteiger partial charge on any atom is 0.259 e. The molecule has 3 rings (SSSR count). The Hall–Kier alpha value is -1.13. The lowest BCUT2D eigenvalue weighted by Crippen LogP contribution is -2.26. The number of aromatic nitrogens is 1. The molecule has 0 atom stereocenters. The maximum atomic E-state index is 12.2. The highest BCUT2D eigenvalue weighted by Crippen LogP contribution is 2.19. The first kappa shape index (κ1) is 11.0. The Morgan fingerprint density at radius 1 is 1.35 bits per heavy atom. The highest BCUT2D eigenvalue weighted by molar-refractivity contribution is 7.17. The normalized spacial score (nSPS) is 17.6. The first-order chi connectivity index (χ1) is 8.34. The zero-order valence-corrected chi connectivity index (χ0v) is 10.4. The van der Waals surface area contributed by atoms with Crippen LogP contribution >= 0.6 is 11.3 Å². The topological polar surface area (TPSA) is 31.2 Å². The third kappa shape index (κ3) is 2.15. The molecule has 0 unspecified atom stereocenters. The summed E-state index contributed by atoms with van der Waals surface area (Å²) in [6, 6.07) is 3.96. The van der Waals surface area contributed by atoms with Gasteiger partial charge < -0.3 is 9.30 Å². The van der Waals surface area contributed by atoms with E-state index in [9.17, 15) is 4.79 Å². The monoisotopic (exact) mass is 249 g/mol. The molecule has 3 nitrogen and oxygen atoms in total. The molecular weight excluding hydrogens is 234 g/mol. The van der Waals surface area contributed by atoms with Crippen LogP contribution in [0.15, 0.2) is 28.5 Å². The average Bonchev–Trinajstić information content (AvgIpc) is 2.83. The van der Waals surface area contributed by atoms with Gasteiger partial charge in [-0.25, -0.2) is 0 Å². The summed E-state index contributed by atoms with van der Waals surface area (Å²) in [5.74, 6) is 0.581. The van der Waals surface area contributed by atoms with Gasteiger partial charge in [-0.15, -0.1) is 11.3 Å². The second-order valence-corrected chi connectivity index (χ2v) is 5.48. The molecule has 2 aromatic heterocycles. The van der Waals surface area contributed by atoms with Crippen LogP contribution in [-0.2, 0) is 11.3 Å². The summed E-state index contributed by atoms with van der Waals surface area (Å²) >= 11 is 1.62. The first-order valence-electron chi connectivity index (χ1n) is 5.99. The Balaban J connectivity index is 1.89. The second kappa shape index (κ2) is 4.63. The van der Waals surface area contributed by atoms with Crippen LogP contribution in [0.25, 0.3) is 10.1 Å². The van der Waals surface area contributed by atoms with Crippen molar-refractivity contribution in [1.82, 2.24) is 4.57 Å². The Labute approximate surface area is 104 Å². The molecule has 0 radical (unpaired) electrons. The standard InChI is InChI=1S/C13H15NO2S/c15-13-11-4-8-17-12(11)1-5-14(13)9-10-2-6-16-7-3-10/h1,4-5,8,10H,2-3,6-7,9H2. The van der Waals surface area contributed by atoms with Crippen LogP contribution in [0.1, 0.15) is 12.8 Å². The largest absolute Gasteiger partial charge is 0.381 e. The molecule has 2 aromatic rings. The predicted molar refractivity (Wildman–Crippen MR) is 69.6 cm³/mol. The minimum Gasteiger partial charge on any atom is -0.381 e.